The van der Waals surface area contributed by atoms with Crippen LogP contribution in [0.4, 0.5) is 0 Å². The summed E-state index contributed by atoms with van der Waals surface area (Å²) in [5.41, 5.74) is 17.7. The normalized spacial score (nSPS) is 48.4. The Labute approximate surface area is 136 Å². The van der Waals surface area contributed by atoms with Crippen LogP contribution in [-0.2, 0) is 14.2 Å². The average molecular weight is 334 g/mol. The molecular weight excluding hydrogens is 304 g/mol. The summed E-state index contributed by atoms with van der Waals surface area (Å²) in [6, 6.07) is -1.68. The van der Waals surface area contributed by atoms with Crippen LogP contribution >= 0.6 is 0 Å². The molecule has 1 aliphatic carbocycles. The van der Waals surface area contributed by atoms with Crippen molar-refractivity contribution in [3.05, 3.63) is 0 Å². The minimum absolute atomic E-state index is 0.131. The highest BCUT2D eigenvalue weighted by Gasteiger charge is 2.50. The third kappa shape index (κ3) is 3.84. The molecule has 2 aliphatic rings. The fraction of sp³-hybridized carbons (Fsp3) is 1.00. The Hall–Kier alpha value is -0.360. The maximum Gasteiger partial charge on any atom is 0.173 e. The monoisotopic (exact) mass is 334 g/mol. The zero-order valence-electron chi connectivity index (χ0n) is 13.7. The van der Waals surface area contributed by atoms with E-state index >= 15 is 0 Å². The van der Waals surface area contributed by atoms with E-state index < -0.39 is 42.8 Å². The van der Waals surface area contributed by atoms with Crippen LogP contribution in [0, 0.1) is 0 Å². The lowest BCUT2D eigenvalue weighted by Crippen LogP contribution is -2.71. The van der Waals surface area contributed by atoms with E-state index in [0.29, 0.717) is 13.0 Å². The van der Waals surface area contributed by atoms with Crippen LogP contribution in [0.1, 0.15) is 12.8 Å². The van der Waals surface area contributed by atoms with Crippen molar-refractivity contribution in [2.45, 2.75) is 67.8 Å². The summed E-state index contributed by atoms with van der Waals surface area (Å²) in [4.78, 5) is 0. The molecule has 0 radical (unpaired) electrons. The molecule has 9 heteroatoms. The number of hydrogen-bond donors (Lipinski definition) is 6. The first-order chi connectivity index (χ1) is 10.9. The summed E-state index contributed by atoms with van der Waals surface area (Å²) in [6.45, 7) is 0.374. The molecule has 9 N–H and O–H groups in total. The lowest BCUT2D eigenvalue weighted by Gasteiger charge is -2.47. The number of likely N-dealkylation sites (N-methyl/N-ethyl adjacent to an activating group) is 1. The van der Waals surface area contributed by atoms with E-state index in [-0.39, 0.29) is 12.1 Å². The summed E-state index contributed by atoms with van der Waals surface area (Å²) >= 11 is 0. The van der Waals surface area contributed by atoms with Crippen molar-refractivity contribution in [1.82, 2.24) is 5.32 Å². The molecule has 2 rings (SSSR count). The molecule has 1 saturated heterocycles. The second kappa shape index (κ2) is 8.15. The third-order valence-electron chi connectivity index (χ3n) is 4.83. The van der Waals surface area contributed by atoms with E-state index in [9.17, 15) is 10.2 Å². The predicted octanol–water partition coefficient (Wildman–Crippen LogP) is -3.17. The topological polar surface area (TPSA) is 158 Å². The third-order valence-corrected chi connectivity index (χ3v) is 4.83. The number of hydrogen-bond acceptors (Lipinski definition) is 9. The predicted molar refractivity (Wildman–Crippen MR) is 83.4 cm³/mol. The summed E-state index contributed by atoms with van der Waals surface area (Å²) in [5, 5.41) is 23.9. The summed E-state index contributed by atoms with van der Waals surface area (Å²) in [6.07, 6.45) is -2.80. The van der Waals surface area contributed by atoms with Crippen LogP contribution in [0.3, 0.4) is 0 Å². The molecule has 0 amide bonds. The maximum absolute atomic E-state index is 10.6. The van der Waals surface area contributed by atoms with E-state index in [2.05, 4.69) is 5.32 Å². The number of methoxy groups -OCH3 is 1. The number of aliphatic hydroxyl groups is 2. The van der Waals surface area contributed by atoms with Crippen molar-refractivity contribution in [2.75, 3.05) is 20.7 Å². The van der Waals surface area contributed by atoms with Crippen molar-refractivity contribution in [2.24, 2.45) is 17.2 Å². The Morgan fingerprint density at radius 1 is 1.17 bits per heavy atom. The van der Waals surface area contributed by atoms with Gasteiger partial charge in [0.2, 0.25) is 0 Å². The van der Waals surface area contributed by atoms with Gasteiger partial charge in [0.25, 0.3) is 0 Å². The fourth-order valence-corrected chi connectivity index (χ4v) is 3.38. The van der Waals surface area contributed by atoms with Gasteiger partial charge in [0.1, 0.15) is 12.2 Å². The average Bonchev–Trinajstić information content (AvgIpc) is 2.56. The molecule has 0 aromatic heterocycles. The van der Waals surface area contributed by atoms with Crippen LogP contribution < -0.4 is 22.5 Å². The number of ether oxygens (including phenoxy) is 3. The van der Waals surface area contributed by atoms with Gasteiger partial charge in [-0.15, -0.1) is 0 Å². The Bertz CT molecular complexity index is 377. The lowest BCUT2D eigenvalue weighted by atomic mass is 9.81. The highest BCUT2D eigenvalue weighted by molar-refractivity contribution is 5.05. The Balaban J connectivity index is 2.10. The molecule has 23 heavy (non-hydrogen) atoms. The molecular formula is C14H30N4O5. The van der Waals surface area contributed by atoms with Crippen molar-refractivity contribution >= 4 is 0 Å². The van der Waals surface area contributed by atoms with Crippen LogP contribution in [-0.4, -0.2) is 85.9 Å². The summed E-state index contributed by atoms with van der Waals surface area (Å²) in [5.74, 6) is 0. The molecule has 0 unspecified atom stereocenters. The Morgan fingerprint density at radius 3 is 2.43 bits per heavy atom. The Kier molecular flexibility index (Phi) is 6.72. The highest BCUT2D eigenvalue weighted by atomic mass is 16.7. The van der Waals surface area contributed by atoms with Gasteiger partial charge in [0, 0.05) is 13.7 Å². The smallest absolute Gasteiger partial charge is 0.173 e. The van der Waals surface area contributed by atoms with Crippen LogP contribution in [0.15, 0.2) is 0 Å². The number of rotatable bonds is 5. The molecule has 0 spiro atoms. The van der Waals surface area contributed by atoms with Gasteiger partial charge in [0.05, 0.1) is 36.4 Å². The second-order valence-corrected chi connectivity index (χ2v) is 6.28. The van der Waals surface area contributed by atoms with Crippen molar-refractivity contribution in [3.63, 3.8) is 0 Å². The van der Waals surface area contributed by atoms with E-state index in [1.165, 1.54) is 7.11 Å². The summed E-state index contributed by atoms with van der Waals surface area (Å²) < 4.78 is 16.9. The lowest BCUT2D eigenvalue weighted by molar-refractivity contribution is -0.259. The molecule has 2 fully saturated rings. The van der Waals surface area contributed by atoms with Gasteiger partial charge in [-0.05, 0) is 19.9 Å². The SMILES string of the molecule is CN[C@H]1[C@H](O)[C@@H](O[C@@H]2O[C@H](CN)CC[C@@H]2N)[C@@H](N)[C@@H](O)[C@H]1OC. The largest absolute Gasteiger partial charge is 0.389 e. The number of aliphatic hydroxyl groups excluding tert-OH is 2. The van der Waals surface area contributed by atoms with Crippen molar-refractivity contribution < 1.29 is 24.4 Å². The first-order valence-electron chi connectivity index (χ1n) is 8.02. The van der Waals surface area contributed by atoms with Gasteiger partial charge in [0.15, 0.2) is 6.29 Å². The fourth-order valence-electron chi connectivity index (χ4n) is 3.38. The zero-order chi connectivity index (χ0) is 17.1. The maximum atomic E-state index is 10.6. The molecule has 1 saturated carbocycles. The van der Waals surface area contributed by atoms with E-state index in [0.717, 1.165) is 6.42 Å². The first kappa shape index (κ1) is 19.0. The van der Waals surface area contributed by atoms with E-state index in [1.807, 2.05) is 0 Å². The summed E-state index contributed by atoms with van der Waals surface area (Å²) in [7, 11) is 3.14. The zero-order valence-corrected chi connectivity index (χ0v) is 13.7. The molecule has 9 atom stereocenters. The standard InChI is InChI=1S/C14H30N4O5/c1-18-9-11(20)12(8(17)10(19)13(9)21-2)23-14-7(16)4-3-6(5-15)22-14/h6-14,18-20H,3-5,15-17H2,1-2H3/t6-,7-,8-,9-,10+,11-,12-,13-,14-/m0/s1. The van der Waals surface area contributed by atoms with Crippen molar-refractivity contribution in [3.8, 4) is 0 Å². The van der Waals surface area contributed by atoms with Crippen LogP contribution in [0.5, 0.6) is 0 Å². The molecule has 0 aromatic rings. The van der Waals surface area contributed by atoms with Gasteiger partial charge in [-0.3, -0.25) is 0 Å². The van der Waals surface area contributed by atoms with E-state index in [1.54, 1.807) is 7.05 Å². The number of nitrogens with one attached hydrogen (secondary N) is 1. The van der Waals surface area contributed by atoms with Gasteiger partial charge >= 0.3 is 0 Å². The first-order valence-corrected chi connectivity index (χ1v) is 8.02. The molecule has 9 nitrogen and oxygen atoms in total. The molecule has 0 bridgehead atoms. The molecule has 0 aromatic carbocycles. The minimum Gasteiger partial charge on any atom is -0.389 e. The Morgan fingerprint density at radius 2 is 1.87 bits per heavy atom. The second-order valence-electron chi connectivity index (χ2n) is 6.28. The molecule has 1 aliphatic heterocycles. The number of nitrogens with two attached hydrogens (primary N) is 3. The quantitative estimate of drug-likeness (QED) is 0.305. The van der Waals surface area contributed by atoms with Gasteiger partial charge in [-0.25, -0.2) is 0 Å². The van der Waals surface area contributed by atoms with Crippen molar-refractivity contribution in [1.29, 1.82) is 0 Å². The molecule has 1 heterocycles. The van der Waals surface area contributed by atoms with Crippen LogP contribution in [0.25, 0.3) is 0 Å². The minimum atomic E-state index is -0.990. The van der Waals surface area contributed by atoms with Gasteiger partial charge in [-0.1, -0.05) is 0 Å². The van der Waals surface area contributed by atoms with Gasteiger partial charge < -0.3 is 46.9 Å². The highest BCUT2D eigenvalue weighted by Crippen LogP contribution is 2.28. The van der Waals surface area contributed by atoms with E-state index in [4.69, 9.17) is 31.4 Å². The van der Waals surface area contributed by atoms with Crippen LogP contribution in [0.2, 0.25) is 0 Å². The van der Waals surface area contributed by atoms with Gasteiger partial charge in [-0.2, -0.15) is 0 Å². The molecule has 136 valence electrons.